The average Bonchev–Trinajstić information content (AvgIpc) is 3.32. The van der Waals surface area contributed by atoms with Crippen LogP contribution in [-0.4, -0.2) is 53.2 Å². The number of ether oxygens (including phenoxy) is 1. The van der Waals surface area contributed by atoms with E-state index in [1.54, 1.807) is 6.33 Å². The van der Waals surface area contributed by atoms with Crippen molar-refractivity contribution < 1.29 is 4.74 Å². The Morgan fingerprint density at radius 2 is 1.94 bits per heavy atom. The SMILES string of the molecule is CC[C@](C)(CNc1cc(-c2ccc(NCCNC)nc2)ncn1)c1ccnc2c1OCC2. The molecule has 0 aromatic carbocycles. The zero-order valence-electron chi connectivity index (χ0n) is 19.0. The highest BCUT2D eigenvalue weighted by atomic mass is 16.5. The third-order valence-electron chi connectivity index (χ3n) is 6.06. The fourth-order valence-corrected chi connectivity index (χ4v) is 3.83. The van der Waals surface area contributed by atoms with Crippen molar-refractivity contribution in [3.63, 3.8) is 0 Å². The Labute approximate surface area is 189 Å². The van der Waals surface area contributed by atoms with E-state index in [0.717, 1.165) is 66.8 Å². The second-order valence-corrected chi connectivity index (χ2v) is 8.25. The molecular weight excluding hydrogens is 402 g/mol. The summed E-state index contributed by atoms with van der Waals surface area (Å²) in [6.07, 6.45) is 7.16. The summed E-state index contributed by atoms with van der Waals surface area (Å²) in [5.74, 6) is 2.59. The third-order valence-corrected chi connectivity index (χ3v) is 6.06. The first-order chi connectivity index (χ1) is 15.6. The van der Waals surface area contributed by atoms with Crippen LogP contribution >= 0.6 is 0 Å². The van der Waals surface area contributed by atoms with E-state index in [2.05, 4.69) is 55.8 Å². The summed E-state index contributed by atoms with van der Waals surface area (Å²) in [6.45, 7) is 7.60. The maximum absolute atomic E-state index is 5.92. The number of hydrogen-bond acceptors (Lipinski definition) is 8. The molecule has 168 valence electrons. The maximum Gasteiger partial charge on any atom is 0.144 e. The average molecular weight is 434 g/mol. The molecule has 0 fully saturated rings. The first-order valence-corrected chi connectivity index (χ1v) is 11.1. The third kappa shape index (κ3) is 4.80. The molecule has 3 aromatic rings. The van der Waals surface area contributed by atoms with Crippen molar-refractivity contribution in [3.05, 3.63) is 54.2 Å². The summed E-state index contributed by atoms with van der Waals surface area (Å²) in [5, 5.41) is 9.90. The summed E-state index contributed by atoms with van der Waals surface area (Å²) < 4.78 is 5.92. The van der Waals surface area contributed by atoms with Crippen LogP contribution in [-0.2, 0) is 11.8 Å². The molecule has 0 saturated heterocycles. The quantitative estimate of drug-likeness (QED) is 0.419. The van der Waals surface area contributed by atoms with Crippen LogP contribution in [0.3, 0.4) is 0 Å². The van der Waals surface area contributed by atoms with E-state index in [-0.39, 0.29) is 5.41 Å². The zero-order valence-corrected chi connectivity index (χ0v) is 19.0. The molecule has 4 rings (SSSR count). The van der Waals surface area contributed by atoms with E-state index in [1.165, 1.54) is 5.56 Å². The molecule has 0 unspecified atom stereocenters. The topological polar surface area (TPSA) is 96.9 Å². The van der Waals surface area contributed by atoms with Crippen LogP contribution < -0.4 is 20.7 Å². The Morgan fingerprint density at radius 1 is 1.03 bits per heavy atom. The van der Waals surface area contributed by atoms with Crippen molar-refractivity contribution in [2.45, 2.75) is 32.1 Å². The molecule has 1 aliphatic rings. The van der Waals surface area contributed by atoms with Gasteiger partial charge in [0, 0.05) is 61.1 Å². The maximum atomic E-state index is 5.92. The summed E-state index contributed by atoms with van der Waals surface area (Å²) in [4.78, 5) is 17.8. The van der Waals surface area contributed by atoms with Crippen LogP contribution in [0, 0.1) is 0 Å². The van der Waals surface area contributed by atoms with Crippen LogP contribution in [0.25, 0.3) is 11.3 Å². The smallest absolute Gasteiger partial charge is 0.144 e. The largest absolute Gasteiger partial charge is 0.491 e. The van der Waals surface area contributed by atoms with Gasteiger partial charge in [-0.15, -0.1) is 0 Å². The number of anilines is 2. The monoisotopic (exact) mass is 433 g/mol. The molecule has 1 aliphatic heterocycles. The van der Waals surface area contributed by atoms with Gasteiger partial charge in [0.2, 0.25) is 0 Å². The molecule has 32 heavy (non-hydrogen) atoms. The number of nitrogens with zero attached hydrogens (tertiary/aromatic N) is 4. The molecule has 3 aromatic heterocycles. The molecule has 0 bridgehead atoms. The van der Waals surface area contributed by atoms with Crippen molar-refractivity contribution in [1.29, 1.82) is 0 Å². The Hall–Kier alpha value is -3.26. The molecule has 3 N–H and O–H groups in total. The van der Waals surface area contributed by atoms with Gasteiger partial charge in [0.15, 0.2) is 0 Å². The highest BCUT2D eigenvalue weighted by molar-refractivity contribution is 5.62. The number of nitrogens with one attached hydrogen (secondary N) is 3. The van der Waals surface area contributed by atoms with Crippen molar-refractivity contribution in [2.75, 3.05) is 43.9 Å². The van der Waals surface area contributed by atoms with Crippen LogP contribution in [0.5, 0.6) is 5.75 Å². The number of pyridine rings is 2. The van der Waals surface area contributed by atoms with Gasteiger partial charge in [-0.3, -0.25) is 4.98 Å². The molecule has 0 saturated carbocycles. The minimum absolute atomic E-state index is 0.106. The van der Waals surface area contributed by atoms with E-state index in [4.69, 9.17) is 4.74 Å². The molecule has 0 radical (unpaired) electrons. The van der Waals surface area contributed by atoms with Gasteiger partial charge in [-0.1, -0.05) is 13.8 Å². The predicted octanol–water partition coefficient (Wildman–Crippen LogP) is 3.28. The Kier molecular flexibility index (Phi) is 6.80. The van der Waals surface area contributed by atoms with E-state index in [1.807, 2.05) is 37.6 Å². The van der Waals surface area contributed by atoms with Crippen molar-refractivity contribution >= 4 is 11.6 Å². The first kappa shape index (κ1) is 22.0. The second kappa shape index (κ2) is 9.91. The van der Waals surface area contributed by atoms with Gasteiger partial charge in [0.05, 0.1) is 18.0 Å². The molecule has 4 heterocycles. The molecule has 8 nitrogen and oxygen atoms in total. The Bertz CT molecular complexity index is 1040. The van der Waals surface area contributed by atoms with E-state index in [9.17, 15) is 0 Å². The first-order valence-electron chi connectivity index (χ1n) is 11.1. The van der Waals surface area contributed by atoms with Crippen LogP contribution in [0.15, 0.2) is 43.0 Å². The second-order valence-electron chi connectivity index (χ2n) is 8.25. The standard InChI is InChI=1S/C24H31N7O/c1-4-24(2,18-7-9-26-19-8-12-32-23(18)19)15-29-22-13-20(30-16-31-22)17-5-6-21(28-14-17)27-11-10-25-3/h5-7,9,13-14,16,25H,4,8,10-12,15H2,1-3H3,(H,27,28)(H,29,30,31)/t24-/m1/s1. The van der Waals surface area contributed by atoms with Crippen LogP contribution in [0.4, 0.5) is 11.6 Å². The summed E-state index contributed by atoms with van der Waals surface area (Å²) >= 11 is 0. The number of aromatic nitrogens is 4. The summed E-state index contributed by atoms with van der Waals surface area (Å²) in [6, 6.07) is 8.04. The number of fused-ring (bicyclic) bond motifs is 1. The van der Waals surface area contributed by atoms with Gasteiger partial charge in [-0.25, -0.2) is 15.0 Å². The van der Waals surface area contributed by atoms with E-state index < -0.39 is 0 Å². The Morgan fingerprint density at radius 3 is 2.72 bits per heavy atom. The van der Waals surface area contributed by atoms with Gasteiger partial charge in [-0.2, -0.15) is 0 Å². The van der Waals surface area contributed by atoms with E-state index in [0.29, 0.717) is 6.61 Å². The van der Waals surface area contributed by atoms with E-state index >= 15 is 0 Å². The fraction of sp³-hybridized carbons (Fsp3) is 0.417. The predicted molar refractivity (Wildman–Crippen MR) is 127 cm³/mol. The molecule has 8 heteroatoms. The van der Waals surface area contributed by atoms with Gasteiger partial charge >= 0.3 is 0 Å². The summed E-state index contributed by atoms with van der Waals surface area (Å²) in [7, 11) is 1.93. The van der Waals surface area contributed by atoms with Gasteiger partial charge in [0.25, 0.3) is 0 Å². The van der Waals surface area contributed by atoms with Crippen LogP contribution in [0.2, 0.25) is 0 Å². The number of rotatable bonds is 10. The lowest BCUT2D eigenvalue weighted by Crippen LogP contribution is -2.31. The Balaban J connectivity index is 1.46. The van der Waals surface area contributed by atoms with Crippen LogP contribution in [0.1, 0.15) is 31.5 Å². The minimum atomic E-state index is -0.106. The lowest BCUT2D eigenvalue weighted by Gasteiger charge is -2.30. The highest BCUT2D eigenvalue weighted by Crippen LogP contribution is 2.38. The molecule has 0 amide bonds. The zero-order chi connectivity index (χ0) is 22.4. The fourth-order valence-electron chi connectivity index (χ4n) is 3.83. The van der Waals surface area contributed by atoms with Crippen molar-refractivity contribution in [3.8, 4) is 17.0 Å². The molecule has 1 atom stereocenters. The molecule has 0 aliphatic carbocycles. The van der Waals surface area contributed by atoms with Gasteiger partial charge in [0.1, 0.15) is 23.7 Å². The lowest BCUT2D eigenvalue weighted by molar-refractivity contribution is 0.341. The molecular formula is C24H31N7O. The number of likely N-dealkylation sites (N-methyl/N-ethyl adjacent to an activating group) is 1. The van der Waals surface area contributed by atoms with Crippen molar-refractivity contribution in [1.82, 2.24) is 25.3 Å². The highest BCUT2D eigenvalue weighted by Gasteiger charge is 2.31. The number of hydrogen-bond donors (Lipinski definition) is 3. The van der Waals surface area contributed by atoms with Gasteiger partial charge < -0.3 is 20.7 Å². The minimum Gasteiger partial charge on any atom is -0.491 e. The normalized spacial score (nSPS) is 14.3. The van der Waals surface area contributed by atoms with Gasteiger partial charge in [-0.05, 0) is 31.7 Å². The molecule has 0 spiro atoms. The summed E-state index contributed by atoms with van der Waals surface area (Å²) in [5.41, 5.74) is 3.94. The lowest BCUT2D eigenvalue weighted by atomic mass is 9.79. The van der Waals surface area contributed by atoms with Crippen molar-refractivity contribution in [2.24, 2.45) is 0 Å².